The number of para-hydroxylation sites is 2. The number of carboxylic acids is 1. The molecule has 0 aliphatic heterocycles. The van der Waals surface area contributed by atoms with Crippen LogP contribution in [-0.2, 0) is 17.8 Å². The van der Waals surface area contributed by atoms with Crippen molar-refractivity contribution in [3.05, 3.63) is 30.1 Å². The summed E-state index contributed by atoms with van der Waals surface area (Å²) >= 11 is 0. The quantitative estimate of drug-likeness (QED) is 0.598. The number of carboxylic acid groups (broad SMARTS) is 1. The first kappa shape index (κ1) is 15.9. The molecule has 0 radical (unpaired) electrons. The number of aryl methyl sites for hydroxylation is 1. The molecule has 0 bridgehead atoms. The third-order valence-electron chi connectivity index (χ3n) is 2.77. The molecule has 0 amide bonds. The number of aliphatic carboxylic acids is 1. The summed E-state index contributed by atoms with van der Waals surface area (Å²) in [4.78, 5) is 15.3. The van der Waals surface area contributed by atoms with E-state index < -0.39 is 5.97 Å². The van der Waals surface area contributed by atoms with Crippen LogP contribution in [0.15, 0.2) is 24.3 Å². The van der Waals surface area contributed by atoms with Crippen LogP contribution in [0.2, 0.25) is 0 Å². The monoisotopic (exact) mass is 270 g/mol. The molecule has 18 heavy (non-hydrogen) atoms. The van der Waals surface area contributed by atoms with Crippen molar-refractivity contribution in [1.82, 2.24) is 9.55 Å². The van der Waals surface area contributed by atoms with Crippen LogP contribution in [0.3, 0.4) is 0 Å². The van der Waals surface area contributed by atoms with E-state index in [9.17, 15) is 9.90 Å². The second-order valence-corrected chi connectivity index (χ2v) is 4.08. The van der Waals surface area contributed by atoms with E-state index in [1.165, 1.54) is 0 Å². The molecule has 0 unspecified atom stereocenters. The van der Waals surface area contributed by atoms with Crippen LogP contribution in [0, 0.1) is 0 Å². The summed E-state index contributed by atoms with van der Waals surface area (Å²) in [6.07, 6.45) is 2.88. The first-order valence-corrected chi connectivity index (χ1v) is 5.86. The Kier molecular flexibility index (Phi) is 6.52. The van der Waals surface area contributed by atoms with Gasteiger partial charge in [-0.3, -0.25) is 0 Å². The first-order chi connectivity index (χ1) is 8.22. The molecule has 2 rings (SSSR count). The maximum atomic E-state index is 10.8. The van der Waals surface area contributed by atoms with E-state index in [4.69, 9.17) is 0 Å². The molecule has 1 heterocycles. The van der Waals surface area contributed by atoms with Gasteiger partial charge in [0.15, 0.2) is 0 Å². The van der Waals surface area contributed by atoms with Crippen LogP contribution < -0.4 is 56.5 Å². The van der Waals surface area contributed by atoms with Crippen molar-refractivity contribution in [3.63, 3.8) is 0 Å². The molecule has 5 heteroatoms. The van der Waals surface area contributed by atoms with E-state index in [0.717, 1.165) is 36.1 Å². The second-order valence-electron chi connectivity index (χ2n) is 4.08. The molecule has 0 saturated heterocycles. The van der Waals surface area contributed by atoms with Gasteiger partial charge in [-0.1, -0.05) is 25.5 Å². The zero-order valence-corrected chi connectivity index (χ0v) is 14.0. The summed E-state index contributed by atoms with van der Waals surface area (Å²) in [5.74, 6) is -0.247. The predicted octanol–water partition coefficient (Wildman–Crippen LogP) is -1.87. The molecule has 4 nitrogen and oxygen atoms in total. The second kappa shape index (κ2) is 7.40. The largest absolute Gasteiger partial charge is 1.00 e. The summed E-state index contributed by atoms with van der Waals surface area (Å²) in [5.41, 5.74) is 1.71. The van der Waals surface area contributed by atoms with Gasteiger partial charge in [0.05, 0.1) is 23.5 Å². The Labute approximate surface area is 149 Å². The van der Waals surface area contributed by atoms with Crippen LogP contribution >= 0.6 is 0 Å². The molecule has 90 valence electrons. The van der Waals surface area contributed by atoms with Crippen molar-refractivity contribution in [2.24, 2.45) is 0 Å². The number of benzene rings is 1. The number of carbonyl (C=O) groups is 1. The van der Waals surface area contributed by atoms with Crippen LogP contribution in [0.1, 0.15) is 25.6 Å². The van der Waals surface area contributed by atoms with E-state index in [1.54, 1.807) is 4.57 Å². The summed E-state index contributed by atoms with van der Waals surface area (Å²) in [6.45, 7) is 1.98. The summed E-state index contributed by atoms with van der Waals surface area (Å²) < 4.78 is 1.74. The summed E-state index contributed by atoms with van der Waals surface area (Å²) in [5, 5.41) is 10.8. The number of rotatable bonds is 5. The molecular weight excluding hydrogens is 255 g/mol. The number of hydrogen-bond acceptors (Lipinski definition) is 3. The standard InChI is InChI=1S/C13H16N2O2.K/c1-2-3-8-12-14-10-6-4-5-7-11(10)15(12)9-13(16)17;/h4-7H,2-3,8-9H2,1H3,(H,16,17);/q;+1/p-1. The number of aromatic nitrogens is 2. The van der Waals surface area contributed by atoms with Crippen molar-refractivity contribution in [2.45, 2.75) is 32.7 Å². The number of nitrogens with zero attached hydrogens (tertiary/aromatic N) is 2. The average molecular weight is 270 g/mol. The molecule has 2 aromatic rings. The Morgan fingerprint density at radius 3 is 2.78 bits per heavy atom. The van der Waals surface area contributed by atoms with Gasteiger partial charge < -0.3 is 14.5 Å². The number of imidazole rings is 1. The molecule has 1 aromatic heterocycles. The van der Waals surface area contributed by atoms with Crippen LogP contribution in [0.4, 0.5) is 0 Å². The third-order valence-corrected chi connectivity index (χ3v) is 2.77. The number of carbonyl (C=O) groups excluding carboxylic acids is 1. The van der Waals surface area contributed by atoms with E-state index in [-0.39, 0.29) is 57.9 Å². The molecule has 0 spiro atoms. The van der Waals surface area contributed by atoms with Gasteiger partial charge in [0.2, 0.25) is 0 Å². The van der Waals surface area contributed by atoms with E-state index in [0.29, 0.717) is 0 Å². The molecular formula is C13H15KN2O2. The topological polar surface area (TPSA) is 58.0 Å². The van der Waals surface area contributed by atoms with Crippen molar-refractivity contribution < 1.29 is 61.3 Å². The fourth-order valence-corrected chi connectivity index (χ4v) is 1.96. The minimum Gasteiger partial charge on any atom is -0.548 e. The Morgan fingerprint density at radius 2 is 2.11 bits per heavy atom. The molecule has 0 fully saturated rings. The maximum absolute atomic E-state index is 10.8. The number of hydrogen-bond donors (Lipinski definition) is 0. The zero-order valence-electron chi connectivity index (χ0n) is 10.8. The van der Waals surface area contributed by atoms with Crippen molar-refractivity contribution in [2.75, 3.05) is 0 Å². The van der Waals surface area contributed by atoms with Gasteiger partial charge in [-0.05, 0) is 18.6 Å². The van der Waals surface area contributed by atoms with Gasteiger partial charge in [0.1, 0.15) is 5.82 Å². The smallest absolute Gasteiger partial charge is 0.548 e. The molecule has 0 atom stereocenters. The van der Waals surface area contributed by atoms with E-state index in [2.05, 4.69) is 11.9 Å². The Morgan fingerprint density at radius 1 is 1.39 bits per heavy atom. The first-order valence-electron chi connectivity index (χ1n) is 5.86. The van der Waals surface area contributed by atoms with Gasteiger partial charge in [-0.2, -0.15) is 0 Å². The average Bonchev–Trinajstić information content (AvgIpc) is 2.64. The van der Waals surface area contributed by atoms with Gasteiger partial charge in [0, 0.05) is 6.42 Å². The number of fused-ring (bicyclic) bond motifs is 1. The summed E-state index contributed by atoms with van der Waals surface area (Å²) in [7, 11) is 0. The SMILES string of the molecule is CCCCc1nc2ccccc2n1CC(=O)[O-].[K+]. The maximum Gasteiger partial charge on any atom is 1.00 e. The zero-order chi connectivity index (χ0) is 12.3. The third kappa shape index (κ3) is 3.65. The van der Waals surface area contributed by atoms with Crippen molar-refractivity contribution in [3.8, 4) is 0 Å². The minimum absolute atomic E-state index is 0. The Hall–Kier alpha value is -0.204. The molecule has 0 aliphatic carbocycles. The van der Waals surface area contributed by atoms with Crippen molar-refractivity contribution >= 4 is 17.0 Å². The van der Waals surface area contributed by atoms with Gasteiger partial charge in [-0.15, -0.1) is 0 Å². The molecule has 0 N–H and O–H groups in total. The van der Waals surface area contributed by atoms with Gasteiger partial charge in [-0.25, -0.2) is 4.98 Å². The van der Waals surface area contributed by atoms with Crippen LogP contribution in [0.25, 0.3) is 11.0 Å². The minimum atomic E-state index is -1.08. The fourth-order valence-electron chi connectivity index (χ4n) is 1.96. The molecule has 0 aliphatic rings. The molecule has 1 aromatic carbocycles. The summed E-state index contributed by atoms with van der Waals surface area (Å²) in [6, 6.07) is 7.58. The van der Waals surface area contributed by atoms with E-state index in [1.807, 2.05) is 24.3 Å². The molecule has 0 saturated carbocycles. The normalized spacial score (nSPS) is 10.3. The number of unbranched alkanes of at least 4 members (excludes halogenated alkanes) is 1. The Bertz CT molecular complexity index is 537. The van der Waals surface area contributed by atoms with E-state index >= 15 is 0 Å². The van der Waals surface area contributed by atoms with Crippen LogP contribution in [0.5, 0.6) is 0 Å². The predicted molar refractivity (Wildman–Crippen MR) is 63.4 cm³/mol. The Balaban J connectivity index is 0.00000162. The van der Waals surface area contributed by atoms with Gasteiger partial charge >= 0.3 is 51.4 Å². The van der Waals surface area contributed by atoms with Crippen LogP contribution in [-0.4, -0.2) is 15.5 Å². The fraction of sp³-hybridized carbons (Fsp3) is 0.385. The van der Waals surface area contributed by atoms with Gasteiger partial charge in [0.25, 0.3) is 0 Å². The van der Waals surface area contributed by atoms with Crippen molar-refractivity contribution in [1.29, 1.82) is 0 Å².